The van der Waals surface area contributed by atoms with Gasteiger partial charge in [0.25, 0.3) is 11.6 Å². The number of benzene rings is 2. The Morgan fingerprint density at radius 3 is 2.50 bits per heavy atom. The summed E-state index contributed by atoms with van der Waals surface area (Å²) in [5.41, 5.74) is 2.34. The van der Waals surface area contributed by atoms with Crippen LogP contribution in [-0.4, -0.2) is 21.2 Å². The molecule has 0 unspecified atom stereocenters. The quantitative estimate of drug-likeness (QED) is 0.520. The number of oxazole rings is 1. The van der Waals surface area contributed by atoms with Gasteiger partial charge in [-0.3, -0.25) is 4.79 Å². The van der Waals surface area contributed by atoms with Crippen LogP contribution < -0.4 is 10.9 Å². The third-order valence-corrected chi connectivity index (χ3v) is 6.72. The highest BCUT2D eigenvalue weighted by atomic mass is 16.4. The lowest BCUT2D eigenvalue weighted by molar-refractivity contribution is -0.00348. The maximum atomic E-state index is 12.0. The van der Waals surface area contributed by atoms with Crippen molar-refractivity contribution in [3.8, 4) is 11.3 Å². The third kappa shape index (κ3) is 2.83. The molecule has 0 amide bonds. The van der Waals surface area contributed by atoms with Gasteiger partial charge in [0, 0.05) is 22.9 Å². The van der Waals surface area contributed by atoms with E-state index >= 15 is 0 Å². The predicted molar refractivity (Wildman–Crippen MR) is 115 cm³/mol. The number of H-pyrrole nitrogens is 1. The Hall–Kier alpha value is -3.41. The molecule has 0 saturated heterocycles. The van der Waals surface area contributed by atoms with Crippen molar-refractivity contribution in [2.24, 2.45) is 5.41 Å². The maximum absolute atomic E-state index is 12.0. The van der Waals surface area contributed by atoms with E-state index in [1.165, 1.54) is 0 Å². The topological polar surface area (TPSA) is 83.8 Å². The van der Waals surface area contributed by atoms with Gasteiger partial charge in [0.05, 0.1) is 17.3 Å². The van der Waals surface area contributed by atoms with Gasteiger partial charge in [0.1, 0.15) is 0 Å². The Morgan fingerprint density at radius 2 is 1.70 bits per heavy atom. The molecule has 6 heteroatoms. The van der Waals surface area contributed by atoms with Gasteiger partial charge < -0.3 is 9.73 Å². The molecule has 4 aromatic rings. The molecular weight excluding hydrogens is 376 g/mol. The molecule has 2 N–H and O–H groups in total. The standard InChI is InChI=1S/C24H22N4O2/c29-22-19-9-5-4-8-18(19)21(27-28-22)16-10-24(11-16)12-17(13-24)26-23-25-14-20(30-23)15-6-2-1-3-7-15/h1-9,14,16-17H,10-13H2,(H,25,26)(H,28,29)/t16-,17-,24?. The summed E-state index contributed by atoms with van der Waals surface area (Å²) in [5, 5.41) is 12.2. The van der Waals surface area contributed by atoms with E-state index in [0.717, 1.165) is 53.5 Å². The number of aromatic amines is 1. The van der Waals surface area contributed by atoms with Gasteiger partial charge in [-0.25, -0.2) is 10.1 Å². The van der Waals surface area contributed by atoms with Crippen molar-refractivity contribution >= 4 is 16.8 Å². The lowest BCUT2D eigenvalue weighted by Crippen LogP contribution is -2.52. The van der Waals surface area contributed by atoms with Gasteiger partial charge in [0.15, 0.2) is 5.76 Å². The van der Waals surface area contributed by atoms with Crippen LogP contribution in [0, 0.1) is 5.41 Å². The van der Waals surface area contributed by atoms with Crippen LogP contribution in [0.1, 0.15) is 37.3 Å². The van der Waals surface area contributed by atoms with Crippen LogP contribution in [0.4, 0.5) is 6.01 Å². The highest BCUT2D eigenvalue weighted by Crippen LogP contribution is 2.62. The van der Waals surface area contributed by atoms with Crippen LogP contribution in [0.3, 0.4) is 0 Å². The molecule has 2 heterocycles. The molecule has 6 nitrogen and oxygen atoms in total. The summed E-state index contributed by atoms with van der Waals surface area (Å²) in [7, 11) is 0. The minimum absolute atomic E-state index is 0.114. The van der Waals surface area contributed by atoms with Crippen molar-refractivity contribution in [2.45, 2.75) is 37.6 Å². The first-order chi connectivity index (χ1) is 14.7. The Labute approximate surface area is 173 Å². The number of rotatable bonds is 4. The van der Waals surface area contributed by atoms with Crippen LogP contribution in [0.5, 0.6) is 0 Å². The number of aromatic nitrogens is 3. The lowest BCUT2D eigenvalue weighted by Gasteiger charge is -2.57. The van der Waals surface area contributed by atoms with E-state index in [1.807, 2.05) is 54.6 Å². The first-order valence-electron chi connectivity index (χ1n) is 10.4. The molecule has 0 atom stereocenters. The average molecular weight is 398 g/mol. The van der Waals surface area contributed by atoms with E-state index in [9.17, 15) is 4.79 Å². The largest absolute Gasteiger partial charge is 0.424 e. The summed E-state index contributed by atoms with van der Waals surface area (Å²) in [4.78, 5) is 16.4. The second-order valence-corrected chi connectivity index (χ2v) is 8.73. The van der Waals surface area contributed by atoms with Gasteiger partial charge in [-0.1, -0.05) is 48.5 Å². The number of nitrogens with zero attached hydrogens (tertiary/aromatic N) is 2. The van der Waals surface area contributed by atoms with Gasteiger partial charge in [0.2, 0.25) is 0 Å². The Morgan fingerprint density at radius 1 is 0.967 bits per heavy atom. The SMILES string of the molecule is O=c1[nH]nc([C@H]2CC3(C[C@H](Nc4ncc(-c5ccccc5)o4)C3)C2)c2ccccc12. The van der Waals surface area contributed by atoms with Crippen LogP contribution in [-0.2, 0) is 0 Å². The molecule has 2 fully saturated rings. The van der Waals surface area contributed by atoms with Gasteiger partial charge in [-0.05, 0) is 37.2 Å². The number of nitrogens with one attached hydrogen (secondary N) is 2. The van der Waals surface area contributed by atoms with E-state index in [0.29, 0.717) is 23.4 Å². The summed E-state index contributed by atoms with van der Waals surface area (Å²) in [6, 6.07) is 18.8. The third-order valence-electron chi connectivity index (χ3n) is 6.72. The van der Waals surface area contributed by atoms with Crippen LogP contribution in [0.2, 0.25) is 0 Å². The normalized spacial score (nSPS) is 25.1. The second-order valence-electron chi connectivity index (χ2n) is 8.73. The van der Waals surface area contributed by atoms with Crippen LogP contribution >= 0.6 is 0 Å². The minimum atomic E-state index is -0.114. The zero-order valence-electron chi connectivity index (χ0n) is 16.5. The number of hydrogen-bond donors (Lipinski definition) is 2. The first-order valence-corrected chi connectivity index (χ1v) is 10.4. The fourth-order valence-electron chi connectivity index (χ4n) is 5.30. The summed E-state index contributed by atoms with van der Waals surface area (Å²) < 4.78 is 5.88. The molecule has 1 spiro atoms. The highest BCUT2D eigenvalue weighted by molar-refractivity contribution is 5.84. The summed E-state index contributed by atoms with van der Waals surface area (Å²) >= 11 is 0. The molecule has 2 saturated carbocycles. The molecular formula is C24H22N4O2. The van der Waals surface area contributed by atoms with Crippen molar-refractivity contribution in [1.29, 1.82) is 0 Å². The highest BCUT2D eigenvalue weighted by Gasteiger charge is 2.54. The Bertz CT molecular complexity index is 1260. The van der Waals surface area contributed by atoms with Crippen molar-refractivity contribution in [2.75, 3.05) is 5.32 Å². The minimum Gasteiger partial charge on any atom is -0.424 e. The van der Waals surface area contributed by atoms with Crippen molar-refractivity contribution < 1.29 is 4.42 Å². The average Bonchev–Trinajstić information content (AvgIpc) is 3.19. The van der Waals surface area contributed by atoms with Crippen LogP contribution in [0.25, 0.3) is 22.1 Å². The van der Waals surface area contributed by atoms with E-state index < -0.39 is 0 Å². The zero-order valence-corrected chi connectivity index (χ0v) is 16.5. The molecule has 6 rings (SSSR count). The predicted octanol–water partition coefficient (Wildman–Crippen LogP) is 4.72. The zero-order chi connectivity index (χ0) is 20.1. The fraction of sp³-hybridized carbons (Fsp3) is 0.292. The van der Waals surface area contributed by atoms with Gasteiger partial charge in [-0.15, -0.1) is 0 Å². The molecule has 2 aliphatic rings. The number of anilines is 1. The smallest absolute Gasteiger partial charge is 0.295 e. The Kier molecular flexibility index (Phi) is 3.81. The van der Waals surface area contributed by atoms with Crippen molar-refractivity contribution in [3.05, 3.63) is 76.8 Å². The van der Waals surface area contributed by atoms with Crippen molar-refractivity contribution in [3.63, 3.8) is 0 Å². The monoisotopic (exact) mass is 398 g/mol. The first kappa shape index (κ1) is 17.4. The molecule has 150 valence electrons. The maximum Gasteiger partial charge on any atom is 0.295 e. The molecule has 2 aromatic heterocycles. The molecule has 0 aliphatic heterocycles. The van der Waals surface area contributed by atoms with E-state index in [-0.39, 0.29) is 5.56 Å². The number of fused-ring (bicyclic) bond motifs is 1. The summed E-state index contributed by atoms with van der Waals surface area (Å²) in [6.07, 6.45) is 6.25. The number of hydrogen-bond acceptors (Lipinski definition) is 5. The van der Waals surface area contributed by atoms with Gasteiger partial charge in [-0.2, -0.15) is 5.10 Å². The summed E-state index contributed by atoms with van der Waals surface area (Å²) in [5.74, 6) is 1.20. The lowest BCUT2D eigenvalue weighted by atomic mass is 9.49. The molecule has 30 heavy (non-hydrogen) atoms. The Balaban J connectivity index is 1.10. The fourth-order valence-corrected chi connectivity index (χ4v) is 5.30. The van der Waals surface area contributed by atoms with E-state index in [1.54, 1.807) is 6.20 Å². The van der Waals surface area contributed by atoms with E-state index in [2.05, 4.69) is 20.5 Å². The van der Waals surface area contributed by atoms with Crippen molar-refractivity contribution in [1.82, 2.24) is 15.2 Å². The van der Waals surface area contributed by atoms with Crippen LogP contribution in [0.15, 0.2) is 70.0 Å². The summed E-state index contributed by atoms with van der Waals surface area (Å²) in [6.45, 7) is 0. The molecule has 0 radical (unpaired) electrons. The molecule has 0 bridgehead atoms. The molecule has 2 aliphatic carbocycles. The van der Waals surface area contributed by atoms with E-state index in [4.69, 9.17) is 4.42 Å². The van der Waals surface area contributed by atoms with Gasteiger partial charge >= 0.3 is 0 Å². The second kappa shape index (κ2) is 6.55. The molecule has 2 aromatic carbocycles.